The summed E-state index contributed by atoms with van der Waals surface area (Å²) in [4.78, 5) is 12.4. The van der Waals surface area contributed by atoms with E-state index in [0.717, 1.165) is 16.7 Å². The number of hydrogen-bond donors (Lipinski definition) is 1. The van der Waals surface area contributed by atoms with Crippen LogP contribution in [0.1, 0.15) is 18.1 Å². The quantitative estimate of drug-likeness (QED) is 0.553. The van der Waals surface area contributed by atoms with Crippen molar-refractivity contribution in [3.8, 4) is 0 Å². The van der Waals surface area contributed by atoms with Crippen LogP contribution in [0.4, 0.5) is 0 Å². The van der Waals surface area contributed by atoms with E-state index >= 15 is 0 Å². The van der Waals surface area contributed by atoms with Gasteiger partial charge in [-0.15, -0.1) is 0 Å². The minimum absolute atomic E-state index is 0. The topological polar surface area (TPSA) is 37.3 Å². The maximum Gasteiger partial charge on any atom is 1.00 e. The van der Waals surface area contributed by atoms with Gasteiger partial charge in [-0.3, -0.25) is 4.79 Å². The minimum atomic E-state index is -1.20. The molecule has 0 saturated heterocycles. The normalized spacial score (nSPS) is 10.2. The molecule has 0 atom stereocenters. The van der Waals surface area contributed by atoms with Gasteiger partial charge in [-0.1, -0.05) is 91.0 Å². The molecule has 0 aliphatic heterocycles. The van der Waals surface area contributed by atoms with Gasteiger partial charge < -0.3 is 6.53 Å². The third kappa shape index (κ3) is 3.66. The molecule has 119 valence electrons. The van der Waals surface area contributed by atoms with Gasteiger partial charge in [0.25, 0.3) is 0 Å². The Kier molecular flexibility index (Phi) is 7.93. The van der Waals surface area contributed by atoms with Gasteiger partial charge >= 0.3 is 35.5 Å². The van der Waals surface area contributed by atoms with Gasteiger partial charge in [0.15, 0.2) is 0 Å². The monoisotopic (exact) mass is 371 g/mol. The molecule has 0 unspecified atom stereocenters. The summed E-state index contributed by atoms with van der Waals surface area (Å²) in [5, 5.41) is 10.2. The third-order valence-electron chi connectivity index (χ3n) is 3.94. The smallest absolute Gasteiger partial charge is 1.00 e. The molecule has 4 heteroatoms. The maximum atomic E-state index is 12.4. The van der Waals surface area contributed by atoms with Crippen molar-refractivity contribution in [1.82, 2.24) is 0 Å². The Morgan fingerprint density at radius 2 is 0.917 bits per heavy atom. The Labute approximate surface area is 175 Å². The Hall–Kier alpha value is -1.36. The number of carboxylic acid groups (broad SMARTS) is 1. The van der Waals surface area contributed by atoms with Gasteiger partial charge in [0.05, 0.1) is 0 Å². The van der Waals surface area contributed by atoms with Crippen molar-refractivity contribution in [2.24, 2.45) is 0 Å². The second kappa shape index (κ2) is 9.21. The first-order chi connectivity index (χ1) is 10.8. The van der Waals surface area contributed by atoms with E-state index in [9.17, 15) is 9.90 Å². The van der Waals surface area contributed by atoms with Crippen LogP contribution in [-0.4, -0.2) is 11.1 Å². The van der Waals surface area contributed by atoms with Crippen molar-refractivity contribution in [2.75, 3.05) is 0 Å². The maximum absolute atomic E-state index is 12.4. The fourth-order valence-electron chi connectivity index (χ4n) is 2.93. The van der Waals surface area contributed by atoms with Gasteiger partial charge in [-0.05, 0) is 16.7 Å². The predicted octanol–water partition coefficient (Wildman–Crippen LogP) is 1.22. The molecule has 0 amide bonds. The van der Waals surface area contributed by atoms with E-state index in [1.165, 1.54) is 0 Å². The van der Waals surface area contributed by atoms with Crippen LogP contribution < -0.4 is 29.6 Å². The summed E-state index contributed by atoms with van der Waals surface area (Å²) in [6, 6.07) is 28.1. The largest absolute Gasteiger partial charge is 1.00 e. The Morgan fingerprint density at radius 1 is 0.667 bits per heavy atom. The van der Waals surface area contributed by atoms with E-state index in [0.29, 0.717) is 0 Å². The van der Waals surface area contributed by atoms with Crippen molar-refractivity contribution in [2.45, 2.75) is 5.41 Å². The second-order valence-corrected chi connectivity index (χ2v) is 5.15. The summed E-state index contributed by atoms with van der Waals surface area (Å²) in [5.41, 5.74) is 1.05. The molecule has 0 aliphatic rings. The van der Waals surface area contributed by atoms with Crippen molar-refractivity contribution in [1.29, 1.82) is 0 Å². The molecule has 0 saturated carbocycles. The molecule has 0 spiro atoms. The SMILES string of the molecule is O=C(O)C(c1ccccc1)(c1ccccc1)c1ccccc1.[Co].[H-].[Na+]. The number of aliphatic carboxylic acids is 1. The summed E-state index contributed by atoms with van der Waals surface area (Å²) < 4.78 is 0. The van der Waals surface area contributed by atoms with Crippen LogP contribution >= 0.6 is 0 Å². The average Bonchev–Trinajstić information content (AvgIpc) is 2.58. The molecule has 3 aromatic carbocycles. The Bertz CT molecular complexity index is 671. The Balaban J connectivity index is 0.00000192. The summed E-state index contributed by atoms with van der Waals surface area (Å²) >= 11 is 0. The van der Waals surface area contributed by atoms with Crippen LogP contribution in [0.5, 0.6) is 0 Å². The van der Waals surface area contributed by atoms with Gasteiger partial charge in [0, 0.05) is 16.8 Å². The number of carbonyl (C=O) groups is 1. The van der Waals surface area contributed by atoms with E-state index < -0.39 is 11.4 Å². The fraction of sp³-hybridized carbons (Fsp3) is 0.0500. The number of benzene rings is 3. The number of hydrogen-bond acceptors (Lipinski definition) is 1. The van der Waals surface area contributed by atoms with Crippen molar-refractivity contribution in [3.05, 3.63) is 108 Å². The molecule has 0 heterocycles. The summed E-state index contributed by atoms with van der Waals surface area (Å²) in [5.74, 6) is -0.879. The zero-order valence-corrected chi connectivity index (χ0v) is 16.4. The molecule has 1 N–H and O–H groups in total. The van der Waals surface area contributed by atoms with E-state index in [1.807, 2.05) is 91.0 Å². The van der Waals surface area contributed by atoms with Gasteiger partial charge in [-0.25, -0.2) is 0 Å². The van der Waals surface area contributed by atoms with Gasteiger partial charge in [0.2, 0.25) is 0 Å². The van der Waals surface area contributed by atoms with Crippen molar-refractivity contribution in [3.63, 3.8) is 0 Å². The first-order valence-corrected chi connectivity index (χ1v) is 7.16. The second-order valence-electron chi connectivity index (χ2n) is 5.15. The fourth-order valence-corrected chi connectivity index (χ4v) is 2.93. The summed E-state index contributed by atoms with van der Waals surface area (Å²) in [7, 11) is 0. The standard InChI is InChI=1S/C20H16O2.Co.Na.H/c21-19(22)20(16-10-4-1-5-11-16,17-12-6-2-7-13-17)18-14-8-3-9-15-18;;;/h1-15H,(H,21,22);;;/q;;+1;-1. The first kappa shape index (κ1) is 20.7. The van der Waals surface area contributed by atoms with Gasteiger partial charge in [-0.2, -0.15) is 0 Å². The van der Waals surface area contributed by atoms with Crippen LogP contribution in [0.2, 0.25) is 0 Å². The van der Waals surface area contributed by atoms with Crippen LogP contribution in [0.25, 0.3) is 0 Å². The Morgan fingerprint density at radius 3 is 1.12 bits per heavy atom. The molecule has 0 aliphatic carbocycles. The summed E-state index contributed by atoms with van der Waals surface area (Å²) in [6.45, 7) is 0. The molecule has 0 aromatic heterocycles. The zero-order chi connectivity index (χ0) is 15.4. The molecule has 3 rings (SSSR count). The zero-order valence-electron chi connectivity index (χ0n) is 14.3. The molecule has 2 nitrogen and oxygen atoms in total. The predicted molar refractivity (Wildman–Crippen MR) is 88.0 cm³/mol. The molecular formula is C20H17CoNaO2. The minimum Gasteiger partial charge on any atom is -1.00 e. The first-order valence-electron chi connectivity index (χ1n) is 7.16. The van der Waals surface area contributed by atoms with E-state index in [2.05, 4.69) is 0 Å². The molecule has 3 aromatic rings. The summed E-state index contributed by atoms with van der Waals surface area (Å²) in [6.07, 6.45) is 0. The average molecular weight is 371 g/mol. The van der Waals surface area contributed by atoms with Crippen molar-refractivity contribution < 1.29 is 57.7 Å². The molecule has 1 radical (unpaired) electrons. The molecule has 0 bridgehead atoms. The van der Waals surface area contributed by atoms with Gasteiger partial charge in [0.1, 0.15) is 5.41 Å². The van der Waals surface area contributed by atoms with E-state index in [-0.39, 0.29) is 47.8 Å². The number of carboxylic acids is 1. The molecular weight excluding hydrogens is 354 g/mol. The van der Waals surface area contributed by atoms with Crippen LogP contribution in [-0.2, 0) is 27.0 Å². The van der Waals surface area contributed by atoms with Crippen molar-refractivity contribution >= 4 is 5.97 Å². The van der Waals surface area contributed by atoms with Crippen LogP contribution in [0, 0.1) is 0 Å². The molecule has 24 heavy (non-hydrogen) atoms. The third-order valence-corrected chi connectivity index (χ3v) is 3.94. The van der Waals surface area contributed by atoms with E-state index in [1.54, 1.807) is 0 Å². The molecule has 0 fully saturated rings. The van der Waals surface area contributed by atoms with E-state index in [4.69, 9.17) is 0 Å². The van der Waals surface area contributed by atoms with Crippen LogP contribution in [0.15, 0.2) is 91.0 Å². The number of rotatable bonds is 4. The van der Waals surface area contributed by atoms with Crippen LogP contribution in [0.3, 0.4) is 0 Å².